The molecule has 0 aromatic heterocycles. The largest absolute Gasteiger partial charge is 0.491 e. The Morgan fingerprint density at radius 3 is 2.76 bits per heavy atom. The molecule has 0 aliphatic carbocycles. The van der Waals surface area contributed by atoms with Gasteiger partial charge in [-0.2, -0.15) is 0 Å². The molecule has 1 fully saturated rings. The first-order valence-corrected chi connectivity index (χ1v) is 8.90. The van der Waals surface area contributed by atoms with Gasteiger partial charge in [-0.1, -0.05) is 12.1 Å². The van der Waals surface area contributed by atoms with Crippen LogP contribution in [0, 0.1) is 5.92 Å². The van der Waals surface area contributed by atoms with Crippen LogP contribution in [-0.2, 0) is 9.53 Å². The van der Waals surface area contributed by atoms with Crippen LogP contribution in [-0.4, -0.2) is 48.7 Å². The molecule has 3 aliphatic heterocycles. The molecular formula is C19H24N2O4. The number of carbonyl (C=O) groups is 2. The van der Waals surface area contributed by atoms with Crippen LogP contribution in [0.5, 0.6) is 5.75 Å². The highest BCUT2D eigenvalue weighted by Gasteiger charge is 2.48. The Hall–Kier alpha value is -2.24. The number of rotatable bonds is 0. The van der Waals surface area contributed by atoms with Gasteiger partial charge in [-0.3, -0.25) is 4.79 Å². The lowest BCUT2D eigenvalue weighted by Gasteiger charge is -2.35. The molecule has 25 heavy (non-hydrogen) atoms. The molecule has 1 aromatic rings. The van der Waals surface area contributed by atoms with E-state index in [9.17, 15) is 9.59 Å². The predicted octanol–water partition coefficient (Wildman–Crippen LogP) is 2.77. The lowest BCUT2D eigenvalue weighted by atomic mass is 9.83. The molecule has 6 nitrogen and oxygen atoms in total. The normalized spacial score (nSPS) is 25.0. The summed E-state index contributed by atoms with van der Waals surface area (Å²) in [6, 6.07) is 5.95. The molecule has 1 aromatic carbocycles. The molecule has 0 bridgehead atoms. The summed E-state index contributed by atoms with van der Waals surface area (Å²) in [6.45, 7) is 7.77. The molecule has 0 radical (unpaired) electrons. The fourth-order valence-electron chi connectivity index (χ4n) is 4.03. The highest BCUT2D eigenvalue weighted by molar-refractivity contribution is 6.01. The summed E-state index contributed by atoms with van der Waals surface area (Å²) in [4.78, 5) is 29.1. The van der Waals surface area contributed by atoms with Gasteiger partial charge in [0.15, 0.2) is 0 Å². The van der Waals surface area contributed by atoms with Crippen LogP contribution in [0.25, 0.3) is 0 Å². The van der Waals surface area contributed by atoms with E-state index in [4.69, 9.17) is 9.47 Å². The van der Waals surface area contributed by atoms with Gasteiger partial charge in [-0.25, -0.2) is 4.79 Å². The van der Waals surface area contributed by atoms with Crippen LogP contribution in [0.1, 0.15) is 38.7 Å². The number of nitrogens with zero attached hydrogens (tertiary/aromatic N) is 2. The minimum Gasteiger partial charge on any atom is -0.491 e. The molecule has 2 amide bonds. The maximum atomic E-state index is 13.1. The van der Waals surface area contributed by atoms with Gasteiger partial charge in [-0.05, 0) is 38.8 Å². The van der Waals surface area contributed by atoms with Crippen molar-refractivity contribution in [2.45, 2.75) is 38.7 Å². The molecule has 3 aliphatic rings. The topological polar surface area (TPSA) is 59.1 Å². The Labute approximate surface area is 147 Å². The number of carbonyl (C=O) groups excluding carboxylic acids is 2. The zero-order valence-corrected chi connectivity index (χ0v) is 14.9. The highest BCUT2D eigenvalue weighted by atomic mass is 16.6. The van der Waals surface area contributed by atoms with E-state index in [2.05, 4.69) is 6.07 Å². The highest BCUT2D eigenvalue weighted by Crippen LogP contribution is 2.48. The Balaban J connectivity index is 1.67. The summed E-state index contributed by atoms with van der Waals surface area (Å²) >= 11 is 0. The standard InChI is InChI=1S/C19H24N2O4/c1-19(2,3)25-18(23)20-10-13-12-6-4-7-15-16(12)21(8-5-9-24-15)17(22)14(13)11-20/h4,6-7,13-14H,5,8-11H2,1-3H3/t13-,14-/m1/s1. The summed E-state index contributed by atoms with van der Waals surface area (Å²) in [6.07, 6.45) is 0.467. The van der Waals surface area contributed by atoms with Crippen LogP contribution in [0.4, 0.5) is 10.5 Å². The van der Waals surface area contributed by atoms with E-state index in [1.807, 2.05) is 37.8 Å². The number of para-hydroxylation sites is 1. The molecular weight excluding hydrogens is 320 g/mol. The molecule has 0 unspecified atom stereocenters. The summed E-state index contributed by atoms with van der Waals surface area (Å²) in [5, 5.41) is 0. The molecule has 134 valence electrons. The predicted molar refractivity (Wildman–Crippen MR) is 92.9 cm³/mol. The fourth-order valence-corrected chi connectivity index (χ4v) is 4.03. The lowest BCUT2D eigenvalue weighted by Crippen LogP contribution is -2.43. The van der Waals surface area contributed by atoms with Crippen molar-refractivity contribution >= 4 is 17.7 Å². The SMILES string of the molecule is CC(C)(C)OC(=O)N1C[C@@H]2c3cccc4c3N(CCCO4)C(=O)[C@@H]2C1. The number of anilines is 1. The third-order valence-corrected chi connectivity index (χ3v) is 5.04. The molecule has 0 saturated carbocycles. The Morgan fingerprint density at radius 2 is 2.00 bits per heavy atom. The summed E-state index contributed by atoms with van der Waals surface area (Å²) in [7, 11) is 0. The van der Waals surface area contributed by atoms with Crippen LogP contribution in [0.15, 0.2) is 18.2 Å². The number of benzene rings is 1. The monoisotopic (exact) mass is 344 g/mol. The minimum atomic E-state index is -0.541. The minimum absolute atomic E-state index is 0.00733. The number of likely N-dealkylation sites (tertiary alicyclic amines) is 1. The van der Waals surface area contributed by atoms with Crippen molar-refractivity contribution in [3.8, 4) is 5.75 Å². The quantitative estimate of drug-likeness (QED) is 0.726. The zero-order chi connectivity index (χ0) is 17.8. The van der Waals surface area contributed by atoms with Crippen molar-refractivity contribution in [3.63, 3.8) is 0 Å². The third-order valence-electron chi connectivity index (χ3n) is 5.04. The average molecular weight is 344 g/mol. The van der Waals surface area contributed by atoms with Crippen molar-refractivity contribution in [2.24, 2.45) is 5.92 Å². The van der Waals surface area contributed by atoms with Gasteiger partial charge < -0.3 is 19.3 Å². The maximum Gasteiger partial charge on any atom is 0.410 e. The van der Waals surface area contributed by atoms with E-state index in [-0.39, 0.29) is 23.8 Å². The van der Waals surface area contributed by atoms with Gasteiger partial charge in [-0.15, -0.1) is 0 Å². The first-order valence-electron chi connectivity index (χ1n) is 8.90. The van der Waals surface area contributed by atoms with Gasteiger partial charge >= 0.3 is 6.09 Å². The van der Waals surface area contributed by atoms with Gasteiger partial charge in [0.05, 0.1) is 18.2 Å². The van der Waals surface area contributed by atoms with E-state index in [0.717, 1.165) is 23.4 Å². The van der Waals surface area contributed by atoms with Crippen LogP contribution in [0.3, 0.4) is 0 Å². The van der Waals surface area contributed by atoms with Gasteiger partial charge in [0.2, 0.25) is 5.91 Å². The van der Waals surface area contributed by atoms with Crippen LogP contribution in [0.2, 0.25) is 0 Å². The summed E-state index contributed by atoms with van der Waals surface area (Å²) in [5.74, 6) is 0.681. The second-order valence-electron chi connectivity index (χ2n) is 7.98. The van der Waals surface area contributed by atoms with Crippen molar-refractivity contribution in [2.75, 3.05) is 31.1 Å². The van der Waals surface area contributed by atoms with E-state index in [1.165, 1.54) is 0 Å². The van der Waals surface area contributed by atoms with E-state index < -0.39 is 5.60 Å². The number of fused-ring (bicyclic) bond motifs is 2. The van der Waals surface area contributed by atoms with Gasteiger partial charge in [0.1, 0.15) is 11.4 Å². The molecule has 6 heteroatoms. The second kappa shape index (κ2) is 5.64. The Bertz CT molecular complexity index is 725. The number of amides is 2. The maximum absolute atomic E-state index is 13.1. The number of ether oxygens (including phenoxy) is 2. The van der Waals surface area contributed by atoms with Crippen LogP contribution < -0.4 is 9.64 Å². The van der Waals surface area contributed by atoms with Gasteiger partial charge in [0, 0.05) is 25.6 Å². The van der Waals surface area contributed by atoms with Crippen molar-refractivity contribution in [1.29, 1.82) is 0 Å². The zero-order valence-electron chi connectivity index (χ0n) is 14.9. The molecule has 1 saturated heterocycles. The van der Waals surface area contributed by atoms with Crippen molar-refractivity contribution in [3.05, 3.63) is 23.8 Å². The average Bonchev–Trinajstić information content (AvgIpc) is 2.87. The molecule has 2 atom stereocenters. The number of hydrogen-bond acceptors (Lipinski definition) is 4. The van der Waals surface area contributed by atoms with Crippen molar-refractivity contribution < 1.29 is 19.1 Å². The Morgan fingerprint density at radius 1 is 1.24 bits per heavy atom. The number of hydrogen-bond donors (Lipinski definition) is 0. The van der Waals surface area contributed by atoms with E-state index in [1.54, 1.807) is 4.90 Å². The van der Waals surface area contributed by atoms with E-state index >= 15 is 0 Å². The fraction of sp³-hybridized carbons (Fsp3) is 0.579. The lowest BCUT2D eigenvalue weighted by molar-refractivity contribution is -0.122. The Kier molecular flexibility index (Phi) is 3.67. The smallest absolute Gasteiger partial charge is 0.410 e. The summed E-state index contributed by atoms with van der Waals surface area (Å²) < 4.78 is 11.3. The molecule has 0 spiro atoms. The molecule has 3 heterocycles. The molecule has 0 N–H and O–H groups in total. The van der Waals surface area contributed by atoms with Gasteiger partial charge in [0.25, 0.3) is 0 Å². The summed E-state index contributed by atoms with van der Waals surface area (Å²) in [5.41, 5.74) is 1.47. The third kappa shape index (κ3) is 2.73. The first-order chi connectivity index (χ1) is 11.8. The van der Waals surface area contributed by atoms with Crippen molar-refractivity contribution in [1.82, 2.24) is 4.90 Å². The van der Waals surface area contributed by atoms with Crippen LogP contribution >= 0.6 is 0 Å². The first kappa shape index (κ1) is 16.2. The molecule has 4 rings (SSSR count). The second-order valence-corrected chi connectivity index (χ2v) is 7.98. The van der Waals surface area contributed by atoms with E-state index in [0.29, 0.717) is 26.2 Å².